The van der Waals surface area contributed by atoms with Crippen molar-refractivity contribution in [1.82, 2.24) is 62.2 Å². The molecule has 0 bridgehead atoms. The van der Waals surface area contributed by atoms with Crippen LogP contribution in [0.1, 0.15) is 148 Å². The van der Waals surface area contributed by atoms with Crippen LogP contribution in [0.25, 0.3) is 11.0 Å². The Morgan fingerprint density at radius 1 is 0.629 bits per heavy atom. The van der Waals surface area contributed by atoms with Gasteiger partial charge < -0.3 is 90.7 Å². The van der Waals surface area contributed by atoms with E-state index < -0.39 is 70.1 Å². The SMILES string of the molecule is CC(Cl)OC(=O)Cl.CO.COC(=O)CC1Cc2ccccc2[C@H](NC(=O)OC(C)(C)C)C1.COC(=O)CN1Cc2ccccc2[C@H](NC(=O)OC(C)(C)C)C1=O.COC(=O)CNCc1ccccc1.C[C@H](NC(=O)OC(C)(C)C)C(=O)O.C[C@H]1CN(Cc2ccccc2)CC(=O)N1.C[C@H]1CNCC(=O)N1.On1nnc2ccccc21.[B]. The van der Waals surface area contributed by atoms with Crippen molar-refractivity contribution in [1.29, 1.82) is 0 Å². The number of nitrogens with one attached hydrogen (secondary N) is 7. The van der Waals surface area contributed by atoms with Gasteiger partial charge in [-0.3, -0.25) is 38.5 Å². The monoisotopic (exact) mass is 1660 g/mol. The van der Waals surface area contributed by atoms with E-state index in [1.807, 2.05) is 132 Å². The number of fused-ring (bicyclic) bond motifs is 3. The molecule has 0 saturated carbocycles. The summed E-state index contributed by atoms with van der Waals surface area (Å²) in [6.07, 6.45) is 0.0366. The molecule has 5 aromatic carbocycles. The number of rotatable bonds is 15. The van der Waals surface area contributed by atoms with Gasteiger partial charge in [-0.1, -0.05) is 138 Å². The molecule has 10 N–H and O–H groups in total. The molecule has 2 unspecified atom stereocenters. The molecule has 7 atom stereocenters. The average Bonchev–Trinajstić information content (AvgIpc) is 0.853. The smallest absolute Gasteiger partial charge is 0.408 e. The Kier molecular flexibility index (Phi) is 47.7. The first-order valence-electron chi connectivity index (χ1n) is 36.7. The van der Waals surface area contributed by atoms with Gasteiger partial charge in [0.1, 0.15) is 46.5 Å². The van der Waals surface area contributed by atoms with Gasteiger partial charge >= 0.3 is 47.6 Å². The molecule has 10 rings (SSSR count). The maximum Gasteiger partial charge on any atom is 0.408 e. The molecule has 0 spiro atoms. The van der Waals surface area contributed by atoms with Gasteiger partial charge in [0.05, 0.1) is 47.0 Å². The van der Waals surface area contributed by atoms with Crippen molar-refractivity contribution in [3.05, 3.63) is 167 Å². The predicted octanol–water partition coefficient (Wildman–Crippen LogP) is 9.02. The lowest BCUT2D eigenvalue weighted by molar-refractivity contribution is -0.148. The minimum atomic E-state index is -1.09. The number of halogens is 2. The number of aliphatic hydroxyl groups is 1. The number of carboxylic acids is 1. The Morgan fingerprint density at radius 2 is 1.14 bits per heavy atom. The summed E-state index contributed by atoms with van der Waals surface area (Å²) >= 11 is 9.87. The molecule has 116 heavy (non-hydrogen) atoms. The highest BCUT2D eigenvalue weighted by Crippen LogP contribution is 2.35. The zero-order valence-corrected chi connectivity index (χ0v) is 70.5. The molecule has 2 fully saturated rings. The number of benzene rings is 5. The lowest BCUT2D eigenvalue weighted by Gasteiger charge is -2.34. The number of ether oxygens (including phenoxy) is 7. The molecule has 36 heteroatoms. The number of nitrogens with zero attached hydrogens (tertiary/aromatic N) is 5. The summed E-state index contributed by atoms with van der Waals surface area (Å²) < 4.78 is 33.5. The first-order valence-corrected chi connectivity index (χ1v) is 37.5. The lowest BCUT2D eigenvalue weighted by Crippen LogP contribution is -2.52. The third-order valence-electron chi connectivity index (χ3n) is 15.4. The van der Waals surface area contributed by atoms with Crippen LogP contribution < -0.4 is 37.2 Å². The molecular weight excluding hydrogens is 1550 g/mol. The molecule has 3 aliphatic heterocycles. The number of esters is 3. The maximum atomic E-state index is 12.7. The number of alkyl carbamates (subject to hydrolysis) is 3. The van der Waals surface area contributed by atoms with Crippen molar-refractivity contribution in [2.45, 2.75) is 181 Å². The highest BCUT2D eigenvalue weighted by Gasteiger charge is 2.37. The first kappa shape index (κ1) is 103. The van der Waals surface area contributed by atoms with Crippen LogP contribution in [0, 0.1) is 5.92 Å². The van der Waals surface area contributed by atoms with Gasteiger partial charge in [-0.25, -0.2) is 19.2 Å². The van der Waals surface area contributed by atoms with Crippen LogP contribution in [-0.2, 0) is 92.8 Å². The van der Waals surface area contributed by atoms with Crippen LogP contribution in [0.4, 0.5) is 19.2 Å². The van der Waals surface area contributed by atoms with E-state index in [1.54, 1.807) is 65.8 Å². The van der Waals surface area contributed by atoms with Gasteiger partial charge in [0.2, 0.25) is 11.8 Å². The van der Waals surface area contributed by atoms with E-state index >= 15 is 0 Å². The molecule has 2 saturated heterocycles. The molecule has 1 aromatic heterocycles. The van der Waals surface area contributed by atoms with Gasteiger partial charge in [-0.05, 0) is 159 Å². The topological polar surface area (TPSA) is 434 Å². The molecule has 6 aromatic rings. The van der Waals surface area contributed by atoms with Gasteiger partial charge in [0.15, 0.2) is 5.56 Å². The van der Waals surface area contributed by atoms with E-state index in [0.29, 0.717) is 55.1 Å². The number of carbonyl (C=O) groups is 11. The zero-order chi connectivity index (χ0) is 86.6. The Morgan fingerprint density at radius 3 is 1.64 bits per heavy atom. The summed E-state index contributed by atoms with van der Waals surface area (Å²) in [5.41, 5.74) is 4.24. The van der Waals surface area contributed by atoms with E-state index in [4.69, 9.17) is 57.6 Å². The van der Waals surface area contributed by atoms with Crippen LogP contribution >= 0.6 is 23.2 Å². The number of aliphatic carboxylic acids is 1. The summed E-state index contributed by atoms with van der Waals surface area (Å²) in [7, 11) is 5.04. The van der Waals surface area contributed by atoms with Crippen LogP contribution in [0.15, 0.2) is 133 Å². The number of para-hydroxylation sites is 1. The fourth-order valence-corrected chi connectivity index (χ4v) is 11.0. The van der Waals surface area contributed by atoms with E-state index in [-0.39, 0.29) is 75.7 Å². The van der Waals surface area contributed by atoms with Crippen molar-refractivity contribution >= 4 is 108 Å². The van der Waals surface area contributed by atoms with Gasteiger partial charge in [0.25, 0.3) is 5.91 Å². The second-order valence-corrected chi connectivity index (χ2v) is 29.9. The van der Waals surface area contributed by atoms with Crippen LogP contribution in [0.3, 0.4) is 0 Å². The van der Waals surface area contributed by atoms with Crippen molar-refractivity contribution in [2.24, 2.45) is 5.92 Å². The van der Waals surface area contributed by atoms with Crippen LogP contribution in [0.5, 0.6) is 0 Å². The minimum Gasteiger partial charge on any atom is -0.480 e. The summed E-state index contributed by atoms with van der Waals surface area (Å²) in [6, 6.07) is 41.2. The van der Waals surface area contributed by atoms with Crippen LogP contribution in [-0.4, -0.2) is 222 Å². The second kappa shape index (κ2) is 53.5. The van der Waals surface area contributed by atoms with Crippen molar-refractivity contribution < 1.29 is 101 Å². The third-order valence-corrected chi connectivity index (χ3v) is 15.6. The molecule has 33 nitrogen and oxygen atoms in total. The summed E-state index contributed by atoms with van der Waals surface area (Å²) in [6.45, 7) is 27.5. The highest BCUT2D eigenvalue weighted by atomic mass is 35.5. The molecule has 1 aliphatic carbocycles. The quantitative estimate of drug-likeness (QED) is 0.0114. The highest BCUT2D eigenvalue weighted by molar-refractivity contribution is 6.61. The second-order valence-electron chi connectivity index (χ2n) is 29.0. The average molecular weight is 1660 g/mol. The number of methoxy groups -OCH3 is 3. The van der Waals surface area contributed by atoms with E-state index in [2.05, 4.69) is 78.8 Å². The Bertz CT molecular complexity index is 4020. The van der Waals surface area contributed by atoms with Gasteiger partial charge in [-0.15, -0.1) is 5.10 Å². The van der Waals surface area contributed by atoms with E-state index in [9.17, 15) is 52.7 Å². The van der Waals surface area contributed by atoms with Gasteiger partial charge in [-0.2, -0.15) is 0 Å². The van der Waals surface area contributed by atoms with E-state index in [0.717, 1.165) is 60.3 Å². The molecular formula is C80H114BCl2N12O21. The molecule has 4 aliphatic rings. The largest absolute Gasteiger partial charge is 0.480 e. The number of hydrogen-bond acceptors (Lipinski definition) is 25. The number of alkyl halides is 1. The lowest BCUT2D eigenvalue weighted by atomic mass is 9.79. The Balaban J connectivity index is 0.000000680. The Labute approximate surface area is 690 Å². The summed E-state index contributed by atoms with van der Waals surface area (Å²) in [5, 5.41) is 50.9. The fraction of sp³-hybridized carbons (Fsp3) is 0.487. The molecule has 3 radical (unpaired) electrons. The molecule has 4 heterocycles. The normalized spacial score (nSPS) is 16.8. The predicted molar refractivity (Wildman–Crippen MR) is 436 cm³/mol. The van der Waals surface area contributed by atoms with Gasteiger partial charge in [0, 0.05) is 78.4 Å². The number of carbonyl (C=O) groups excluding carboxylic acids is 10. The van der Waals surface area contributed by atoms with E-state index in [1.165, 1.54) is 45.6 Å². The number of aliphatic hydroxyl groups excluding tert-OH is 1. The number of hydrogen-bond donors (Lipinski definition) is 10. The molecule has 6 amide bonds. The molecule has 637 valence electrons. The number of piperazine rings is 2. The minimum absolute atomic E-state index is 0. The summed E-state index contributed by atoms with van der Waals surface area (Å²) in [5.74, 6) is -2.05. The number of amides is 6. The first-order chi connectivity index (χ1) is 54.1. The van der Waals surface area contributed by atoms with Crippen molar-refractivity contribution in [3.63, 3.8) is 0 Å². The van der Waals surface area contributed by atoms with Crippen molar-refractivity contribution in [2.75, 3.05) is 67.7 Å². The number of aromatic nitrogens is 3. The Hall–Kier alpha value is -10.6. The standard InChI is InChI=1S/C18H25NO4.C17H22N2O5.C12H16N2O.C10H13NO2.C8H15NO4.C6H5N3O.C5H10N2O.C3H4Cl2O2.CH4O.B/c1-18(2,3)23-17(21)19-15-10-12(11-16(20)22-4)9-13-7-5-6-8-14(13)15;1-17(2,3)24-16(22)18-14-12-8-6-5-7-11(12)9-19(15(14)21)10-13(20)23-4;1-10-7-14(9-12(15)13-10)8-11-5-3-2-4-6-11;1-13-10(12)8-11-7-9-5-3-2-4-6-9;1-5(6(10)11)9-7(12)13-8(2,3)4;10-9-6-4-2-1-3-5(6)7-8-9;1-4-2-6-3-5(8)7-4;1-2(4)7-3(5)6;1-2;/h5-8,12,15H,9-11H2,1-4H3,(H,19,21);5-8,14H,9-10H2,1-4H3,(H,18,22);2-6,10H,7-9H2,1H3,(H,13,15);2-6,11H,7-8H2,1H3;5H,1-4H3,(H,9,12)(H,10,11);1-4,10H;4,6H,2-3H2,1H3,(H,7,8);2H,1H3;2H,1H3;/t12?,15-;14-;10-;;5-;;4-;;;/m100.0.0.../s1. The fourth-order valence-electron chi connectivity index (χ4n) is 10.7. The third kappa shape index (κ3) is 44.3. The summed E-state index contributed by atoms with van der Waals surface area (Å²) in [4.78, 5) is 128. The maximum absolute atomic E-state index is 12.7. The zero-order valence-electron chi connectivity index (χ0n) is 69.0. The number of carboxylic acid groups (broad SMARTS) is 1. The van der Waals surface area contributed by atoms with Crippen molar-refractivity contribution in [3.8, 4) is 0 Å². The van der Waals surface area contributed by atoms with Crippen LogP contribution in [0.2, 0.25) is 0 Å².